The lowest BCUT2D eigenvalue weighted by Crippen LogP contribution is -2.48. The van der Waals surface area contributed by atoms with E-state index in [1.54, 1.807) is 31.2 Å². The van der Waals surface area contributed by atoms with Crippen molar-refractivity contribution in [2.45, 2.75) is 26.8 Å². The standard InChI is InChI=1S/C15H21ClN2O3/c1-10(2)8-17-15(21)11(3)18(9-14(19)20)13-6-4-5-12(16)7-13/h4-7,10-11H,8-9H2,1-3H3,(H,17,21)(H,19,20). The summed E-state index contributed by atoms with van der Waals surface area (Å²) in [5, 5.41) is 12.4. The van der Waals surface area contributed by atoms with Gasteiger partial charge in [0.05, 0.1) is 0 Å². The Labute approximate surface area is 129 Å². The van der Waals surface area contributed by atoms with Gasteiger partial charge >= 0.3 is 5.97 Å². The molecule has 1 amide bonds. The molecule has 5 nitrogen and oxygen atoms in total. The van der Waals surface area contributed by atoms with Crippen molar-refractivity contribution in [2.24, 2.45) is 5.92 Å². The monoisotopic (exact) mass is 312 g/mol. The zero-order valence-corrected chi connectivity index (χ0v) is 13.2. The molecule has 0 saturated heterocycles. The van der Waals surface area contributed by atoms with E-state index in [9.17, 15) is 9.59 Å². The maximum Gasteiger partial charge on any atom is 0.323 e. The molecule has 0 radical (unpaired) electrons. The van der Waals surface area contributed by atoms with Crippen molar-refractivity contribution in [3.8, 4) is 0 Å². The van der Waals surface area contributed by atoms with Gasteiger partial charge in [-0.1, -0.05) is 31.5 Å². The van der Waals surface area contributed by atoms with Crippen molar-refractivity contribution in [2.75, 3.05) is 18.0 Å². The quantitative estimate of drug-likeness (QED) is 0.811. The fourth-order valence-electron chi connectivity index (χ4n) is 1.85. The average Bonchev–Trinajstić information content (AvgIpc) is 2.41. The fourth-order valence-corrected chi connectivity index (χ4v) is 2.03. The average molecular weight is 313 g/mol. The number of hydrogen-bond donors (Lipinski definition) is 2. The number of nitrogens with one attached hydrogen (secondary N) is 1. The lowest BCUT2D eigenvalue weighted by atomic mass is 10.2. The minimum Gasteiger partial charge on any atom is -0.480 e. The van der Waals surface area contributed by atoms with Crippen LogP contribution in [0, 0.1) is 5.92 Å². The molecular weight excluding hydrogens is 292 g/mol. The maximum absolute atomic E-state index is 12.1. The maximum atomic E-state index is 12.1. The molecule has 1 rings (SSSR count). The molecule has 0 aliphatic heterocycles. The largest absolute Gasteiger partial charge is 0.480 e. The molecule has 6 heteroatoms. The predicted molar refractivity (Wildman–Crippen MR) is 83.7 cm³/mol. The summed E-state index contributed by atoms with van der Waals surface area (Å²) in [6.07, 6.45) is 0. The van der Waals surface area contributed by atoms with E-state index in [1.807, 2.05) is 13.8 Å². The van der Waals surface area contributed by atoms with Crippen molar-refractivity contribution in [1.29, 1.82) is 0 Å². The highest BCUT2D eigenvalue weighted by molar-refractivity contribution is 6.30. The highest BCUT2D eigenvalue weighted by Crippen LogP contribution is 2.21. The zero-order valence-electron chi connectivity index (χ0n) is 12.5. The Morgan fingerprint density at radius 2 is 2.00 bits per heavy atom. The third-order valence-corrected chi connectivity index (χ3v) is 3.21. The van der Waals surface area contributed by atoms with E-state index < -0.39 is 12.0 Å². The lowest BCUT2D eigenvalue weighted by Gasteiger charge is -2.29. The van der Waals surface area contributed by atoms with Crippen molar-refractivity contribution in [3.05, 3.63) is 29.3 Å². The lowest BCUT2D eigenvalue weighted by molar-refractivity contribution is -0.135. The summed E-state index contributed by atoms with van der Waals surface area (Å²) in [5.41, 5.74) is 0.608. The first-order chi connectivity index (χ1) is 9.81. The Kier molecular flexibility index (Phi) is 6.49. The second-order valence-corrected chi connectivity index (χ2v) is 5.75. The molecule has 0 heterocycles. The van der Waals surface area contributed by atoms with Gasteiger partial charge in [0.15, 0.2) is 0 Å². The smallest absolute Gasteiger partial charge is 0.323 e. The molecule has 21 heavy (non-hydrogen) atoms. The van der Waals surface area contributed by atoms with E-state index in [-0.39, 0.29) is 12.5 Å². The van der Waals surface area contributed by atoms with Crippen LogP contribution in [0.4, 0.5) is 5.69 Å². The van der Waals surface area contributed by atoms with Crippen LogP contribution in [-0.2, 0) is 9.59 Å². The van der Waals surface area contributed by atoms with Crippen molar-refractivity contribution in [1.82, 2.24) is 5.32 Å². The highest BCUT2D eigenvalue weighted by atomic mass is 35.5. The van der Waals surface area contributed by atoms with Gasteiger partial charge in [0.1, 0.15) is 12.6 Å². The van der Waals surface area contributed by atoms with Crippen molar-refractivity contribution in [3.63, 3.8) is 0 Å². The van der Waals surface area contributed by atoms with E-state index in [0.29, 0.717) is 23.2 Å². The van der Waals surface area contributed by atoms with Crippen LogP contribution < -0.4 is 10.2 Å². The summed E-state index contributed by atoms with van der Waals surface area (Å²) in [7, 11) is 0. The molecule has 1 aromatic rings. The van der Waals surface area contributed by atoms with Gasteiger partial charge in [-0.25, -0.2) is 0 Å². The molecule has 2 N–H and O–H groups in total. The van der Waals surface area contributed by atoms with Gasteiger partial charge in [-0.05, 0) is 31.0 Å². The number of hydrogen-bond acceptors (Lipinski definition) is 3. The molecular formula is C15H21ClN2O3. The molecule has 0 aliphatic rings. The van der Waals surface area contributed by atoms with Crippen molar-refractivity contribution < 1.29 is 14.7 Å². The Balaban J connectivity index is 2.91. The number of carboxylic acids is 1. The molecule has 0 aromatic heterocycles. The Morgan fingerprint density at radius 1 is 1.33 bits per heavy atom. The summed E-state index contributed by atoms with van der Waals surface area (Å²) >= 11 is 5.94. The Morgan fingerprint density at radius 3 is 2.52 bits per heavy atom. The minimum absolute atomic E-state index is 0.204. The predicted octanol–water partition coefficient (Wildman–Crippen LogP) is 2.39. The first-order valence-electron chi connectivity index (χ1n) is 6.83. The number of rotatable bonds is 7. The molecule has 116 valence electrons. The number of amides is 1. The van der Waals surface area contributed by atoms with E-state index in [1.165, 1.54) is 4.90 Å². The van der Waals surface area contributed by atoms with Gasteiger partial charge in [0, 0.05) is 17.3 Å². The Bertz CT molecular complexity index is 505. The minimum atomic E-state index is -1.00. The van der Waals surface area contributed by atoms with E-state index in [0.717, 1.165) is 0 Å². The third kappa shape index (κ3) is 5.63. The van der Waals surface area contributed by atoms with Gasteiger partial charge in [0.25, 0.3) is 0 Å². The third-order valence-electron chi connectivity index (χ3n) is 2.98. The molecule has 0 fully saturated rings. The highest BCUT2D eigenvalue weighted by Gasteiger charge is 2.23. The zero-order chi connectivity index (χ0) is 16.0. The van der Waals surface area contributed by atoms with Crippen LogP contribution in [0.5, 0.6) is 0 Å². The number of carboxylic acid groups (broad SMARTS) is 1. The fraction of sp³-hybridized carbons (Fsp3) is 0.467. The van der Waals surface area contributed by atoms with Gasteiger partial charge in [-0.2, -0.15) is 0 Å². The molecule has 1 atom stereocenters. The second-order valence-electron chi connectivity index (χ2n) is 5.32. The van der Waals surface area contributed by atoms with Crippen LogP contribution in [-0.4, -0.2) is 36.1 Å². The molecule has 0 bridgehead atoms. The first-order valence-corrected chi connectivity index (χ1v) is 7.20. The number of anilines is 1. The van der Waals surface area contributed by atoms with Gasteiger partial charge in [-0.3, -0.25) is 9.59 Å². The van der Waals surface area contributed by atoms with E-state index >= 15 is 0 Å². The van der Waals surface area contributed by atoms with Gasteiger partial charge in [0.2, 0.25) is 5.91 Å². The van der Waals surface area contributed by atoms with Crippen molar-refractivity contribution >= 4 is 29.2 Å². The Hall–Kier alpha value is -1.75. The molecule has 0 spiro atoms. The summed E-state index contributed by atoms with van der Waals surface area (Å²) in [4.78, 5) is 24.7. The summed E-state index contributed by atoms with van der Waals surface area (Å²) in [6.45, 7) is 5.96. The SMILES string of the molecule is CC(C)CNC(=O)C(C)N(CC(=O)O)c1cccc(Cl)c1. The van der Waals surface area contributed by atoms with E-state index in [4.69, 9.17) is 16.7 Å². The van der Waals surface area contributed by atoms with Crippen LogP contribution in [0.3, 0.4) is 0 Å². The number of aliphatic carboxylic acids is 1. The number of benzene rings is 1. The normalized spacial score (nSPS) is 12.0. The number of nitrogens with zero attached hydrogens (tertiary/aromatic N) is 1. The van der Waals surface area contributed by atoms with Crippen LogP contribution in [0.15, 0.2) is 24.3 Å². The number of halogens is 1. The topological polar surface area (TPSA) is 69.6 Å². The summed E-state index contributed by atoms with van der Waals surface area (Å²) in [6, 6.07) is 6.22. The van der Waals surface area contributed by atoms with Crippen LogP contribution in [0.25, 0.3) is 0 Å². The van der Waals surface area contributed by atoms with Crippen LogP contribution in [0.1, 0.15) is 20.8 Å². The summed E-state index contributed by atoms with van der Waals surface area (Å²) < 4.78 is 0. The second kappa shape index (κ2) is 7.88. The molecule has 1 unspecified atom stereocenters. The molecule has 0 aliphatic carbocycles. The molecule has 1 aromatic carbocycles. The first kappa shape index (κ1) is 17.3. The van der Waals surface area contributed by atoms with Gasteiger partial charge in [-0.15, -0.1) is 0 Å². The number of carbonyl (C=O) groups excluding carboxylic acids is 1. The van der Waals surface area contributed by atoms with Crippen LogP contribution >= 0.6 is 11.6 Å². The molecule has 0 saturated carbocycles. The van der Waals surface area contributed by atoms with E-state index in [2.05, 4.69) is 5.32 Å². The number of carbonyl (C=O) groups is 2. The van der Waals surface area contributed by atoms with Gasteiger partial charge < -0.3 is 15.3 Å². The summed E-state index contributed by atoms with van der Waals surface area (Å²) in [5.74, 6) is -0.872. The van der Waals surface area contributed by atoms with Crippen LogP contribution in [0.2, 0.25) is 5.02 Å².